The summed E-state index contributed by atoms with van der Waals surface area (Å²) in [6.45, 7) is 1.98. The molecule has 1 fully saturated rings. The topological polar surface area (TPSA) is 74.3 Å². The van der Waals surface area contributed by atoms with Gasteiger partial charge in [0.15, 0.2) is 0 Å². The Morgan fingerprint density at radius 3 is 2.69 bits per heavy atom. The van der Waals surface area contributed by atoms with E-state index in [0.29, 0.717) is 25.9 Å². The van der Waals surface area contributed by atoms with Crippen LogP contribution in [0.15, 0.2) is 60.8 Å². The third kappa shape index (κ3) is 4.71. The molecule has 6 nitrogen and oxygen atoms in total. The normalized spacial score (nSPS) is 13.7. The second-order valence-corrected chi connectivity index (χ2v) is 7.24. The molecule has 1 aliphatic rings. The first-order chi connectivity index (χ1) is 14.2. The quantitative estimate of drug-likeness (QED) is 0.676. The number of carbonyl (C=O) groups excluding carboxylic acids is 2. The Hall–Kier alpha value is -3.41. The van der Waals surface area contributed by atoms with Gasteiger partial charge in [0.05, 0.1) is 5.52 Å². The van der Waals surface area contributed by atoms with Gasteiger partial charge in [-0.3, -0.25) is 9.78 Å². The molecule has 0 atom stereocenters. The molecule has 0 bridgehead atoms. The van der Waals surface area contributed by atoms with Crippen molar-refractivity contribution in [3.63, 3.8) is 0 Å². The van der Waals surface area contributed by atoms with Crippen molar-refractivity contribution in [2.75, 3.05) is 18.4 Å². The van der Waals surface area contributed by atoms with E-state index in [2.05, 4.69) is 15.6 Å². The van der Waals surface area contributed by atoms with E-state index in [4.69, 9.17) is 0 Å². The van der Waals surface area contributed by atoms with Crippen molar-refractivity contribution in [2.45, 2.75) is 25.8 Å². The van der Waals surface area contributed by atoms with Gasteiger partial charge >= 0.3 is 6.03 Å². The van der Waals surface area contributed by atoms with Crippen molar-refractivity contribution in [3.8, 4) is 0 Å². The molecule has 1 aromatic heterocycles. The highest BCUT2D eigenvalue weighted by Gasteiger charge is 2.19. The van der Waals surface area contributed by atoms with Crippen LogP contribution in [0.3, 0.4) is 0 Å². The fourth-order valence-corrected chi connectivity index (χ4v) is 3.64. The minimum absolute atomic E-state index is 0.216. The van der Waals surface area contributed by atoms with Crippen LogP contribution < -0.4 is 10.6 Å². The number of rotatable bonds is 6. The Morgan fingerprint density at radius 2 is 1.90 bits per heavy atom. The number of likely N-dealkylation sites (tertiary alicyclic amines) is 1. The summed E-state index contributed by atoms with van der Waals surface area (Å²) in [6.07, 6.45) is 4.09. The van der Waals surface area contributed by atoms with Gasteiger partial charge in [-0.1, -0.05) is 36.4 Å². The molecule has 1 saturated heterocycles. The first kappa shape index (κ1) is 18.9. The lowest BCUT2D eigenvalue weighted by Crippen LogP contribution is -2.30. The Morgan fingerprint density at radius 1 is 1.07 bits per heavy atom. The molecule has 0 spiro atoms. The lowest BCUT2D eigenvalue weighted by Gasteiger charge is -2.15. The van der Waals surface area contributed by atoms with Gasteiger partial charge in [-0.15, -0.1) is 0 Å². The number of amides is 3. The SMILES string of the molecule is O=C(NCCc1cccc2cccnc12)Nc1ccc(CN2CCCC2=O)cc1. The zero-order valence-electron chi connectivity index (χ0n) is 16.2. The number of anilines is 1. The van der Waals surface area contributed by atoms with Gasteiger partial charge in [-0.25, -0.2) is 4.79 Å². The number of hydrogen-bond acceptors (Lipinski definition) is 3. The summed E-state index contributed by atoms with van der Waals surface area (Å²) in [5.41, 5.74) is 3.88. The summed E-state index contributed by atoms with van der Waals surface area (Å²) in [7, 11) is 0. The highest BCUT2D eigenvalue weighted by atomic mass is 16.2. The molecule has 0 radical (unpaired) electrons. The molecule has 4 rings (SSSR count). The number of carbonyl (C=O) groups is 2. The van der Waals surface area contributed by atoms with Gasteiger partial charge in [-0.2, -0.15) is 0 Å². The van der Waals surface area contributed by atoms with Crippen molar-refractivity contribution in [1.82, 2.24) is 15.2 Å². The zero-order valence-corrected chi connectivity index (χ0v) is 16.2. The van der Waals surface area contributed by atoms with E-state index in [-0.39, 0.29) is 11.9 Å². The average molecular weight is 388 g/mol. The standard InChI is InChI=1S/C23H24N4O2/c28-21-7-3-15-27(21)16-17-8-10-20(11-9-17)26-23(29)25-14-12-19-5-1-4-18-6-2-13-24-22(18)19/h1-2,4-6,8-11,13H,3,7,12,14-16H2,(H2,25,26,29). The van der Waals surface area contributed by atoms with Gasteiger partial charge in [0.1, 0.15) is 0 Å². The van der Waals surface area contributed by atoms with Crippen LogP contribution in [0.2, 0.25) is 0 Å². The van der Waals surface area contributed by atoms with Crippen molar-refractivity contribution in [3.05, 3.63) is 71.9 Å². The number of pyridine rings is 1. The van der Waals surface area contributed by atoms with Gasteiger partial charge in [-0.05, 0) is 42.2 Å². The van der Waals surface area contributed by atoms with E-state index in [1.807, 2.05) is 59.5 Å². The molecule has 1 aliphatic heterocycles. The zero-order chi connectivity index (χ0) is 20.1. The number of benzene rings is 2. The molecule has 3 amide bonds. The minimum atomic E-state index is -0.235. The molecular formula is C23H24N4O2. The Bertz CT molecular complexity index is 1010. The lowest BCUT2D eigenvalue weighted by atomic mass is 10.1. The maximum atomic E-state index is 12.2. The summed E-state index contributed by atoms with van der Waals surface area (Å²) in [5.74, 6) is 0.216. The van der Waals surface area contributed by atoms with Gasteiger partial charge in [0.2, 0.25) is 5.91 Å². The number of nitrogens with zero attached hydrogens (tertiary/aromatic N) is 2. The Kier molecular flexibility index (Phi) is 5.70. The second kappa shape index (κ2) is 8.73. The fourth-order valence-electron chi connectivity index (χ4n) is 3.64. The molecule has 2 N–H and O–H groups in total. The van der Waals surface area contributed by atoms with Crippen LogP contribution >= 0.6 is 0 Å². The average Bonchev–Trinajstić information content (AvgIpc) is 3.14. The van der Waals surface area contributed by atoms with Crippen molar-refractivity contribution in [1.29, 1.82) is 0 Å². The van der Waals surface area contributed by atoms with Crippen LogP contribution in [0.1, 0.15) is 24.0 Å². The predicted molar refractivity (Wildman–Crippen MR) is 114 cm³/mol. The molecule has 6 heteroatoms. The third-order valence-corrected chi connectivity index (χ3v) is 5.15. The lowest BCUT2D eigenvalue weighted by molar-refractivity contribution is -0.128. The summed E-state index contributed by atoms with van der Waals surface area (Å²) in [6, 6.07) is 17.4. The summed E-state index contributed by atoms with van der Waals surface area (Å²) in [5, 5.41) is 6.84. The van der Waals surface area contributed by atoms with Gasteiger partial charge < -0.3 is 15.5 Å². The van der Waals surface area contributed by atoms with Gasteiger partial charge in [0.25, 0.3) is 0 Å². The van der Waals surface area contributed by atoms with Crippen molar-refractivity contribution >= 4 is 28.5 Å². The summed E-state index contributed by atoms with van der Waals surface area (Å²) >= 11 is 0. The van der Waals surface area contributed by atoms with E-state index in [9.17, 15) is 9.59 Å². The molecule has 2 heterocycles. The minimum Gasteiger partial charge on any atom is -0.338 e. The number of fused-ring (bicyclic) bond motifs is 1. The van der Waals surface area contributed by atoms with Crippen LogP contribution in [0.25, 0.3) is 10.9 Å². The first-order valence-electron chi connectivity index (χ1n) is 9.93. The molecule has 3 aromatic rings. The molecule has 0 unspecified atom stereocenters. The molecule has 0 saturated carbocycles. The largest absolute Gasteiger partial charge is 0.338 e. The number of urea groups is 1. The number of hydrogen-bond donors (Lipinski definition) is 2. The van der Waals surface area contributed by atoms with E-state index in [1.165, 1.54) is 0 Å². The molecule has 0 aliphatic carbocycles. The number of para-hydroxylation sites is 1. The first-order valence-corrected chi connectivity index (χ1v) is 9.93. The van der Waals surface area contributed by atoms with E-state index in [1.54, 1.807) is 6.20 Å². The third-order valence-electron chi connectivity index (χ3n) is 5.15. The highest BCUT2D eigenvalue weighted by Crippen LogP contribution is 2.17. The second-order valence-electron chi connectivity index (χ2n) is 7.24. The van der Waals surface area contributed by atoms with Crippen LogP contribution in [-0.4, -0.2) is 34.9 Å². The molecule has 2 aromatic carbocycles. The van der Waals surface area contributed by atoms with Crippen LogP contribution in [-0.2, 0) is 17.8 Å². The number of nitrogens with one attached hydrogen (secondary N) is 2. The van der Waals surface area contributed by atoms with Crippen LogP contribution in [0, 0.1) is 0 Å². The van der Waals surface area contributed by atoms with E-state index in [0.717, 1.165) is 40.7 Å². The highest BCUT2D eigenvalue weighted by molar-refractivity contribution is 5.89. The summed E-state index contributed by atoms with van der Waals surface area (Å²) in [4.78, 5) is 30.2. The maximum absolute atomic E-state index is 12.2. The van der Waals surface area contributed by atoms with E-state index >= 15 is 0 Å². The number of aromatic nitrogens is 1. The van der Waals surface area contributed by atoms with Crippen LogP contribution in [0.4, 0.5) is 10.5 Å². The smallest absolute Gasteiger partial charge is 0.319 e. The predicted octanol–water partition coefficient (Wildman–Crippen LogP) is 3.72. The molecule has 29 heavy (non-hydrogen) atoms. The van der Waals surface area contributed by atoms with Crippen LogP contribution in [0.5, 0.6) is 0 Å². The molecular weight excluding hydrogens is 364 g/mol. The van der Waals surface area contributed by atoms with Crippen molar-refractivity contribution < 1.29 is 9.59 Å². The van der Waals surface area contributed by atoms with Gasteiger partial charge in [0, 0.05) is 43.3 Å². The van der Waals surface area contributed by atoms with Crippen molar-refractivity contribution in [2.24, 2.45) is 0 Å². The van der Waals surface area contributed by atoms with E-state index < -0.39 is 0 Å². The summed E-state index contributed by atoms with van der Waals surface area (Å²) < 4.78 is 0. The Balaban J connectivity index is 1.26. The molecule has 148 valence electrons. The fraction of sp³-hybridized carbons (Fsp3) is 0.261. The monoisotopic (exact) mass is 388 g/mol. The Labute approximate surface area is 169 Å². The maximum Gasteiger partial charge on any atom is 0.319 e.